The average Bonchev–Trinajstić information content (AvgIpc) is 2.32. The highest BCUT2D eigenvalue weighted by Crippen LogP contribution is 2.24. The van der Waals surface area contributed by atoms with E-state index in [2.05, 4.69) is 4.98 Å². The predicted octanol–water partition coefficient (Wildman–Crippen LogP) is 3.73. The Balaban J connectivity index is 2.23. The van der Waals surface area contributed by atoms with Crippen LogP contribution >= 0.6 is 11.6 Å². The lowest BCUT2D eigenvalue weighted by molar-refractivity contribution is 0.625. The molecule has 1 aromatic heterocycles. The summed E-state index contributed by atoms with van der Waals surface area (Å²) in [6.07, 6.45) is 0.560. The molecule has 0 aliphatic heterocycles. The van der Waals surface area contributed by atoms with Crippen LogP contribution in [0.5, 0.6) is 0 Å². The zero-order valence-corrected chi connectivity index (χ0v) is 11.7. The van der Waals surface area contributed by atoms with E-state index in [-0.39, 0.29) is 11.9 Å². The van der Waals surface area contributed by atoms with Crippen molar-refractivity contribution in [3.63, 3.8) is 0 Å². The zero-order chi connectivity index (χ0) is 14.0. The molecular formula is C15H16ClFN2. The summed E-state index contributed by atoms with van der Waals surface area (Å²) in [7, 11) is 0. The highest BCUT2D eigenvalue weighted by atomic mass is 35.5. The van der Waals surface area contributed by atoms with Crippen molar-refractivity contribution in [3.05, 3.63) is 63.7 Å². The summed E-state index contributed by atoms with van der Waals surface area (Å²) in [4.78, 5) is 4.40. The lowest BCUT2D eigenvalue weighted by Gasteiger charge is -2.15. The quantitative estimate of drug-likeness (QED) is 0.929. The molecule has 0 radical (unpaired) electrons. The maximum atomic E-state index is 13.0. The fourth-order valence-electron chi connectivity index (χ4n) is 2.12. The second kappa shape index (κ2) is 5.68. The van der Waals surface area contributed by atoms with Gasteiger partial charge in [0.05, 0.1) is 0 Å². The molecule has 1 unspecified atom stereocenters. The molecule has 0 amide bonds. The molecule has 0 saturated carbocycles. The van der Waals surface area contributed by atoms with Crippen LogP contribution in [0.25, 0.3) is 0 Å². The van der Waals surface area contributed by atoms with E-state index in [4.69, 9.17) is 17.3 Å². The smallest absolute Gasteiger partial charge is 0.124 e. The van der Waals surface area contributed by atoms with Gasteiger partial charge >= 0.3 is 0 Å². The van der Waals surface area contributed by atoms with E-state index in [1.165, 1.54) is 12.1 Å². The third-order valence-corrected chi connectivity index (χ3v) is 3.47. The second-order valence-electron chi connectivity index (χ2n) is 4.67. The van der Waals surface area contributed by atoms with Crippen LogP contribution in [-0.4, -0.2) is 4.98 Å². The van der Waals surface area contributed by atoms with Crippen molar-refractivity contribution < 1.29 is 4.39 Å². The van der Waals surface area contributed by atoms with Crippen LogP contribution in [0.4, 0.5) is 4.39 Å². The van der Waals surface area contributed by atoms with Gasteiger partial charge < -0.3 is 5.73 Å². The fraction of sp³-hybridized carbons (Fsp3) is 0.267. The number of nitrogens with two attached hydrogens (primary N) is 1. The molecule has 2 aromatic rings. The highest BCUT2D eigenvalue weighted by Gasteiger charge is 2.13. The number of hydrogen-bond acceptors (Lipinski definition) is 2. The highest BCUT2D eigenvalue weighted by molar-refractivity contribution is 6.31. The molecule has 1 atom stereocenters. The Morgan fingerprint density at radius 2 is 2.00 bits per heavy atom. The van der Waals surface area contributed by atoms with E-state index in [0.29, 0.717) is 11.4 Å². The topological polar surface area (TPSA) is 38.9 Å². The number of halogens is 2. The molecule has 2 rings (SSSR count). The molecule has 0 aliphatic rings. The van der Waals surface area contributed by atoms with Crippen molar-refractivity contribution in [3.8, 4) is 0 Å². The maximum absolute atomic E-state index is 13.0. The number of hydrogen-bond donors (Lipinski definition) is 1. The number of aromatic nitrogens is 1. The van der Waals surface area contributed by atoms with Crippen LogP contribution < -0.4 is 5.73 Å². The molecule has 0 saturated heterocycles. The van der Waals surface area contributed by atoms with Gasteiger partial charge in [0.2, 0.25) is 0 Å². The molecule has 2 nitrogen and oxygen atoms in total. The normalized spacial score (nSPS) is 12.5. The Bertz CT molecular complexity index is 599. The Morgan fingerprint density at radius 1 is 1.26 bits per heavy atom. The van der Waals surface area contributed by atoms with E-state index in [9.17, 15) is 4.39 Å². The van der Waals surface area contributed by atoms with Gasteiger partial charge in [-0.15, -0.1) is 0 Å². The number of nitrogens with zero attached hydrogens (tertiary/aromatic N) is 1. The average molecular weight is 279 g/mol. The van der Waals surface area contributed by atoms with Gasteiger partial charge in [-0.2, -0.15) is 0 Å². The monoisotopic (exact) mass is 278 g/mol. The SMILES string of the molecule is Cc1ccc(C(N)Cc2ccc(F)cc2Cl)c(C)n1. The maximum Gasteiger partial charge on any atom is 0.124 e. The summed E-state index contributed by atoms with van der Waals surface area (Å²) in [5.74, 6) is -0.337. The van der Waals surface area contributed by atoms with Crippen molar-refractivity contribution in [2.24, 2.45) is 5.73 Å². The van der Waals surface area contributed by atoms with E-state index in [1.54, 1.807) is 6.07 Å². The zero-order valence-electron chi connectivity index (χ0n) is 11.0. The van der Waals surface area contributed by atoms with E-state index < -0.39 is 0 Å². The van der Waals surface area contributed by atoms with Crippen molar-refractivity contribution in [1.82, 2.24) is 4.98 Å². The second-order valence-corrected chi connectivity index (χ2v) is 5.08. The molecule has 0 aliphatic carbocycles. The van der Waals surface area contributed by atoms with Crippen LogP contribution in [0.1, 0.15) is 28.6 Å². The third-order valence-electron chi connectivity index (χ3n) is 3.12. The van der Waals surface area contributed by atoms with Gasteiger partial charge in [0.25, 0.3) is 0 Å². The Kier molecular flexibility index (Phi) is 4.17. The molecule has 0 fully saturated rings. The summed E-state index contributed by atoms with van der Waals surface area (Å²) in [5.41, 5.74) is 9.92. The van der Waals surface area contributed by atoms with Crippen LogP contribution in [0.15, 0.2) is 30.3 Å². The van der Waals surface area contributed by atoms with Gasteiger partial charge in [0.15, 0.2) is 0 Å². The first kappa shape index (κ1) is 14.0. The van der Waals surface area contributed by atoms with Gasteiger partial charge in [-0.05, 0) is 49.6 Å². The molecule has 1 aromatic carbocycles. The lowest BCUT2D eigenvalue weighted by Crippen LogP contribution is -2.15. The fourth-order valence-corrected chi connectivity index (χ4v) is 2.37. The minimum atomic E-state index is -0.337. The third kappa shape index (κ3) is 3.31. The van der Waals surface area contributed by atoms with Gasteiger partial charge in [-0.1, -0.05) is 23.7 Å². The van der Waals surface area contributed by atoms with Crippen LogP contribution in [0.3, 0.4) is 0 Å². The summed E-state index contributed by atoms with van der Waals surface area (Å²) in [6.45, 7) is 3.88. The molecule has 1 heterocycles. The minimum absolute atomic E-state index is 0.198. The summed E-state index contributed by atoms with van der Waals surface area (Å²) in [6, 6.07) is 8.11. The van der Waals surface area contributed by atoms with Gasteiger partial charge in [0, 0.05) is 22.5 Å². The molecule has 100 valence electrons. The first-order valence-electron chi connectivity index (χ1n) is 6.11. The number of pyridine rings is 1. The van der Waals surface area contributed by atoms with Crippen molar-refractivity contribution >= 4 is 11.6 Å². The molecule has 4 heteroatoms. The number of rotatable bonds is 3. The predicted molar refractivity (Wildman–Crippen MR) is 75.8 cm³/mol. The van der Waals surface area contributed by atoms with Gasteiger partial charge in [-0.25, -0.2) is 4.39 Å². The number of benzene rings is 1. The number of aryl methyl sites for hydroxylation is 2. The molecule has 19 heavy (non-hydrogen) atoms. The summed E-state index contributed by atoms with van der Waals surface area (Å²) < 4.78 is 13.0. The first-order chi connectivity index (χ1) is 8.97. The Hall–Kier alpha value is -1.45. The standard InChI is InChI=1S/C15H16ClFN2/c1-9-3-6-13(10(2)19-9)15(18)7-11-4-5-12(17)8-14(11)16/h3-6,8,15H,7,18H2,1-2H3. The molecule has 2 N–H and O–H groups in total. The van der Waals surface area contributed by atoms with E-state index in [1.807, 2.05) is 26.0 Å². The molecule has 0 spiro atoms. The lowest BCUT2D eigenvalue weighted by atomic mass is 9.98. The van der Waals surface area contributed by atoms with Crippen LogP contribution in [0, 0.1) is 19.7 Å². The summed E-state index contributed by atoms with van der Waals surface area (Å²) >= 11 is 6.01. The first-order valence-corrected chi connectivity index (χ1v) is 6.49. The Labute approximate surface area is 117 Å². The van der Waals surface area contributed by atoms with Gasteiger partial charge in [-0.3, -0.25) is 4.98 Å². The minimum Gasteiger partial charge on any atom is -0.324 e. The van der Waals surface area contributed by atoms with E-state index in [0.717, 1.165) is 22.5 Å². The van der Waals surface area contributed by atoms with E-state index >= 15 is 0 Å². The van der Waals surface area contributed by atoms with Crippen molar-refractivity contribution in [2.75, 3.05) is 0 Å². The Morgan fingerprint density at radius 3 is 2.63 bits per heavy atom. The molecular weight excluding hydrogens is 263 g/mol. The van der Waals surface area contributed by atoms with Crippen LogP contribution in [0.2, 0.25) is 5.02 Å². The van der Waals surface area contributed by atoms with Crippen LogP contribution in [-0.2, 0) is 6.42 Å². The molecule has 0 bridgehead atoms. The van der Waals surface area contributed by atoms with Crippen molar-refractivity contribution in [1.29, 1.82) is 0 Å². The van der Waals surface area contributed by atoms with Gasteiger partial charge in [0.1, 0.15) is 5.82 Å². The van der Waals surface area contributed by atoms with Crippen molar-refractivity contribution in [2.45, 2.75) is 26.3 Å². The summed E-state index contributed by atoms with van der Waals surface area (Å²) in [5, 5.41) is 0.410. The largest absolute Gasteiger partial charge is 0.324 e.